The smallest absolute Gasteiger partial charge is 0.410 e. The van der Waals surface area contributed by atoms with Crippen LogP contribution in [-0.2, 0) is 22.4 Å². The number of hydrogen-bond donors (Lipinski definition) is 2. The first-order valence-electron chi connectivity index (χ1n) is 16.8. The van der Waals surface area contributed by atoms with Crippen LogP contribution in [0.2, 0.25) is 10.0 Å². The van der Waals surface area contributed by atoms with Crippen LogP contribution in [-0.4, -0.2) is 90.7 Å². The first-order chi connectivity index (χ1) is 22.3. The first kappa shape index (κ1) is 32.9. The molecular formula is C35H47Cl2N5O4. The van der Waals surface area contributed by atoms with E-state index in [-0.39, 0.29) is 25.8 Å². The summed E-state index contributed by atoms with van der Waals surface area (Å²) < 4.78 is 6.03. The highest BCUT2D eigenvalue weighted by Crippen LogP contribution is 2.32. The lowest BCUT2D eigenvalue weighted by molar-refractivity contribution is -0.142. The molecule has 2 N–H and O–H groups in total. The van der Waals surface area contributed by atoms with Gasteiger partial charge in [0.05, 0.1) is 0 Å². The normalized spacial score (nSPS) is 20.9. The number of amides is 4. The number of fused-ring (bicyclic) bond motifs is 1. The maximum absolute atomic E-state index is 14.0. The molecule has 0 aromatic heterocycles. The Balaban J connectivity index is 0.00000433. The largest absolute Gasteiger partial charge is 0.436 e. The molecule has 4 aliphatic rings. The number of likely N-dealkylation sites (tertiary alicyclic amines) is 2. The predicted molar refractivity (Wildman–Crippen MR) is 183 cm³/mol. The van der Waals surface area contributed by atoms with E-state index >= 15 is 0 Å². The molecule has 4 amide bonds. The summed E-state index contributed by atoms with van der Waals surface area (Å²) in [7, 11) is 0. The maximum Gasteiger partial charge on any atom is 0.410 e. The molecule has 0 spiro atoms. The maximum atomic E-state index is 14.0. The van der Waals surface area contributed by atoms with Crippen LogP contribution in [0.25, 0.3) is 0 Å². The molecule has 0 radical (unpaired) electrons. The van der Waals surface area contributed by atoms with Crippen molar-refractivity contribution in [2.45, 2.75) is 70.4 Å². The number of hydrogen-bond acceptors (Lipinski definition) is 5. The number of carbonyl (C=O) groups is 3. The minimum atomic E-state index is -0.981. The minimum absolute atomic E-state index is 0. The van der Waals surface area contributed by atoms with E-state index in [2.05, 4.69) is 10.6 Å². The topological polar surface area (TPSA) is 94.2 Å². The van der Waals surface area contributed by atoms with Gasteiger partial charge in [-0.1, -0.05) is 41.4 Å². The molecular weight excluding hydrogens is 625 g/mol. The minimum Gasteiger partial charge on any atom is -0.436 e. The zero-order valence-electron chi connectivity index (χ0n) is 26.6. The molecule has 46 heavy (non-hydrogen) atoms. The van der Waals surface area contributed by atoms with Crippen molar-refractivity contribution in [2.24, 2.45) is 11.8 Å². The summed E-state index contributed by atoms with van der Waals surface area (Å²) in [5, 5.41) is 7.53. The fraction of sp³-hybridized carbons (Fsp3) is 0.571. The quantitative estimate of drug-likeness (QED) is 0.371. The third-order valence-corrected chi connectivity index (χ3v) is 11.3. The zero-order valence-corrected chi connectivity index (χ0v) is 28.1. The number of ether oxygens (including phenoxy) is 1. The van der Waals surface area contributed by atoms with Gasteiger partial charge in [-0.25, -0.2) is 9.59 Å². The second kappa shape index (κ2) is 14.8. The summed E-state index contributed by atoms with van der Waals surface area (Å²) in [4.78, 5) is 46.0. The zero-order chi connectivity index (χ0) is 32.2. The molecule has 3 saturated heterocycles. The molecule has 0 saturated carbocycles. The number of anilines is 1. The fourth-order valence-electron chi connectivity index (χ4n) is 7.61. The van der Waals surface area contributed by atoms with E-state index in [0.29, 0.717) is 67.4 Å². The van der Waals surface area contributed by atoms with Crippen LogP contribution in [0.3, 0.4) is 0 Å². The summed E-state index contributed by atoms with van der Waals surface area (Å²) in [6.07, 6.45) is 5.12. The monoisotopic (exact) mass is 671 g/mol. The van der Waals surface area contributed by atoms with Crippen molar-refractivity contribution < 1.29 is 20.5 Å². The molecule has 3 fully saturated rings. The predicted octanol–water partition coefficient (Wildman–Crippen LogP) is 6.39. The van der Waals surface area contributed by atoms with Crippen LogP contribution in [0.15, 0.2) is 36.4 Å². The van der Waals surface area contributed by atoms with Crippen LogP contribution in [0.1, 0.15) is 56.6 Å². The molecule has 6 rings (SSSR count). The molecule has 1 atom stereocenters. The van der Waals surface area contributed by atoms with Crippen molar-refractivity contribution in [1.29, 1.82) is 0 Å². The number of nitrogens with one attached hydrogen (secondary N) is 2. The highest BCUT2D eigenvalue weighted by Gasteiger charge is 2.36. The van der Waals surface area contributed by atoms with Crippen molar-refractivity contribution in [3.8, 4) is 0 Å². The average molecular weight is 673 g/mol. The van der Waals surface area contributed by atoms with Gasteiger partial charge in [-0.2, -0.15) is 0 Å². The van der Waals surface area contributed by atoms with Gasteiger partial charge in [0.2, 0.25) is 0 Å². The molecule has 9 nitrogen and oxygen atoms in total. The molecule has 0 bridgehead atoms. The number of rotatable bonds is 6. The van der Waals surface area contributed by atoms with Crippen LogP contribution in [0.4, 0.5) is 15.3 Å². The summed E-state index contributed by atoms with van der Waals surface area (Å²) in [5.41, 5.74) is 3.51. The average Bonchev–Trinajstić information content (AvgIpc) is 3.25. The number of carbonyl (C=O) groups excluding carboxylic acids is 3. The van der Waals surface area contributed by atoms with Crippen molar-refractivity contribution >= 4 is 46.9 Å². The van der Waals surface area contributed by atoms with E-state index in [4.69, 9.17) is 27.9 Å². The Kier molecular flexibility index (Phi) is 10.6. The number of urea groups is 1. The number of halogens is 2. The second-order valence-corrected chi connectivity index (χ2v) is 14.1. The van der Waals surface area contributed by atoms with Gasteiger partial charge in [0, 0.05) is 62.3 Å². The second-order valence-electron chi connectivity index (χ2n) is 13.3. The molecule has 2 aromatic carbocycles. The van der Waals surface area contributed by atoms with Gasteiger partial charge in [0.1, 0.15) is 0 Å². The Hall–Kier alpha value is -3.01. The number of benzene rings is 2. The van der Waals surface area contributed by atoms with Crippen molar-refractivity contribution in [1.82, 2.24) is 20.0 Å². The number of piperidine rings is 3. The molecule has 4 heterocycles. The Labute approximate surface area is 283 Å². The third-order valence-electron chi connectivity index (χ3n) is 10.5. The molecule has 11 heteroatoms. The van der Waals surface area contributed by atoms with Gasteiger partial charge in [-0.3, -0.25) is 4.79 Å². The van der Waals surface area contributed by atoms with E-state index < -0.39 is 12.2 Å². The van der Waals surface area contributed by atoms with Crippen LogP contribution in [0, 0.1) is 18.8 Å². The third kappa shape index (κ3) is 7.58. The highest BCUT2D eigenvalue weighted by atomic mass is 35.5. The van der Waals surface area contributed by atoms with Gasteiger partial charge in [-0.15, -0.1) is 0 Å². The van der Waals surface area contributed by atoms with Gasteiger partial charge < -0.3 is 30.1 Å². The Morgan fingerprint density at radius 3 is 2.24 bits per heavy atom. The fourth-order valence-corrected chi connectivity index (χ4v) is 8.15. The van der Waals surface area contributed by atoms with Crippen molar-refractivity contribution in [3.63, 3.8) is 0 Å². The van der Waals surface area contributed by atoms with E-state index in [1.807, 2.05) is 41.0 Å². The standard InChI is InChI=1S/C35H45Cl2N5O4.H2/c1-23-29(36)20-24(21-30(23)37)22-32(33(43)40-15-8-26(9-16-40)25-6-13-38-14-7-25)46-35(45)41-17-11-28(12-18-41)42-19-10-27-4-2-3-5-31(27)39-34(42)44;/h2-5,20-21,25-26,28,32,38H,6-19,22H2,1H3,(H,39,44);1H/t32-;/m1./s1. The Bertz CT molecular complexity index is 1400. The number of para-hydroxylation sites is 1. The van der Waals surface area contributed by atoms with Crippen molar-refractivity contribution in [2.75, 3.05) is 51.1 Å². The summed E-state index contributed by atoms with van der Waals surface area (Å²) in [6.45, 7) is 6.86. The lowest BCUT2D eigenvalue weighted by Crippen LogP contribution is -2.52. The summed E-state index contributed by atoms with van der Waals surface area (Å²) in [5.74, 6) is 1.17. The van der Waals surface area contributed by atoms with E-state index in [0.717, 1.165) is 54.7 Å². The Morgan fingerprint density at radius 1 is 0.913 bits per heavy atom. The molecule has 250 valence electrons. The van der Waals surface area contributed by atoms with Gasteiger partial charge in [-0.05, 0) is 112 Å². The Morgan fingerprint density at radius 2 is 1.54 bits per heavy atom. The summed E-state index contributed by atoms with van der Waals surface area (Å²) >= 11 is 12.9. The van der Waals surface area contributed by atoms with Gasteiger partial charge in [0.15, 0.2) is 6.10 Å². The van der Waals surface area contributed by atoms with Gasteiger partial charge >= 0.3 is 12.1 Å². The van der Waals surface area contributed by atoms with Gasteiger partial charge in [0.25, 0.3) is 5.91 Å². The lowest BCUT2D eigenvalue weighted by Gasteiger charge is -2.39. The molecule has 0 unspecified atom stereocenters. The molecule has 2 aromatic rings. The SMILES string of the molecule is Cc1c(Cl)cc(C[C@@H](OC(=O)N2CCC(N3CCc4ccccc4NC3=O)CC2)C(=O)N2CCC(C3CCNCC3)CC2)cc1Cl.[HH]. The summed E-state index contributed by atoms with van der Waals surface area (Å²) in [6, 6.07) is 11.4. The lowest BCUT2D eigenvalue weighted by atomic mass is 9.79. The van der Waals surface area contributed by atoms with Crippen LogP contribution < -0.4 is 10.6 Å². The van der Waals surface area contributed by atoms with Crippen LogP contribution >= 0.6 is 23.2 Å². The highest BCUT2D eigenvalue weighted by molar-refractivity contribution is 6.36. The molecule has 4 aliphatic heterocycles. The van der Waals surface area contributed by atoms with Crippen molar-refractivity contribution in [3.05, 3.63) is 63.1 Å². The number of nitrogens with zero attached hydrogens (tertiary/aromatic N) is 3. The molecule has 0 aliphatic carbocycles. The van der Waals surface area contributed by atoms with Crippen LogP contribution in [0.5, 0.6) is 0 Å². The van der Waals surface area contributed by atoms with E-state index in [1.54, 1.807) is 17.0 Å². The van der Waals surface area contributed by atoms with E-state index in [1.165, 1.54) is 12.8 Å². The first-order valence-corrected chi connectivity index (χ1v) is 17.6. The van der Waals surface area contributed by atoms with E-state index in [9.17, 15) is 14.4 Å².